The molecule has 0 aliphatic heterocycles. The van der Waals surface area contributed by atoms with Crippen molar-refractivity contribution in [2.45, 2.75) is 13.0 Å². The number of thioether (sulfide) groups is 1. The molecule has 2 aromatic rings. The molecule has 0 aliphatic carbocycles. The van der Waals surface area contributed by atoms with Crippen molar-refractivity contribution in [1.82, 2.24) is 4.57 Å². The van der Waals surface area contributed by atoms with Crippen molar-refractivity contribution >= 4 is 34.3 Å². The zero-order valence-electron chi connectivity index (χ0n) is 9.95. The number of rotatable bonds is 5. The van der Waals surface area contributed by atoms with E-state index >= 15 is 0 Å². The van der Waals surface area contributed by atoms with Crippen molar-refractivity contribution in [3.8, 4) is 0 Å². The Hall–Kier alpha value is -0.640. The number of fused-ring (bicyclic) bond motifs is 1. The van der Waals surface area contributed by atoms with Crippen LogP contribution in [0.25, 0.3) is 10.9 Å². The predicted octanol–water partition coefficient (Wildman–Crippen LogP) is 3.16. The fourth-order valence-electron chi connectivity index (χ4n) is 2.07. The Bertz CT molecular complexity index is 507. The summed E-state index contributed by atoms with van der Waals surface area (Å²) in [4.78, 5) is 0. The first-order valence-corrected chi connectivity index (χ1v) is 7.49. The molecule has 0 atom stereocenters. The second-order valence-corrected chi connectivity index (χ2v) is 5.46. The van der Waals surface area contributed by atoms with Crippen molar-refractivity contribution in [2.75, 3.05) is 18.6 Å². The van der Waals surface area contributed by atoms with Gasteiger partial charge in [-0.25, -0.2) is 0 Å². The molecular formula is C13H17ClN2S. The number of hydrogen-bond acceptors (Lipinski definition) is 2. The monoisotopic (exact) mass is 268 g/mol. The van der Waals surface area contributed by atoms with E-state index in [1.54, 1.807) is 0 Å². The van der Waals surface area contributed by atoms with Gasteiger partial charge in [-0.15, -0.1) is 0 Å². The van der Waals surface area contributed by atoms with Crippen LogP contribution in [0.5, 0.6) is 0 Å². The third-order valence-corrected chi connectivity index (χ3v) is 3.70. The lowest BCUT2D eigenvalue weighted by atomic mass is 10.1. The van der Waals surface area contributed by atoms with Crippen LogP contribution < -0.4 is 5.73 Å². The highest BCUT2D eigenvalue weighted by Crippen LogP contribution is 2.25. The third kappa shape index (κ3) is 2.79. The molecule has 0 fully saturated rings. The first kappa shape index (κ1) is 12.8. The Morgan fingerprint density at radius 3 is 2.94 bits per heavy atom. The fraction of sp³-hybridized carbons (Fsp3) is 0.385. The van der Waals surface area contributed by atoms with Crippen molar-refractivity contribution in [3.63, 3.8) is 0 Å². The summed E-state index contributed by atoms with van der Waals surface area (Å²) >= 11 is 7.92. The van der Waals surface area contributed by atoms with E-state index in [4.69, 9.17) is 17.3 Å². The molecule has 1 heterocycles. The lowest BCUT2D eigenvalue weighted by molar-refractivity contribution is 0.800. The number of nitrogens with zero attached hydrogens (tertiary/aromatic N) is 1. The summed E-state index contributed by atoms with van der Waals surface area (Å²) in [7, 11) is 0. The van der Waals surface area contributed by atoms with E-state index in [0.29, 0.717) is 6.54 Å². The Labute approximate surface area is 111 Å². The number of nitrogens with two attached hydrogens (primary N) is 1. The van der Waals surface area contributed by atoms with Gasteiger partial charge in [-0.3, -0.25) is 0 Å². The van der Waals surface area contributed by atoms with Gasteiger partial charge in [0.15, 0.2) is 0 Å². The second kappa shape index (κ2) is 5.80. The summed E-state index contributed by atoms with van der Waals surface area (Å²) in [5, 5.41) is 2.07. The van der Waals surface area contributed by atoms with Gasteiger partial charge in [0.1, 0.15) is 0 Å². The quantitative estimate of drug-likeness (QED) is 0.903. The molecule has 0 amide bonds. The lowest BCUT2D eigenvalue weighted by Gasteiger charge is -2.03. The molecule has 17 heavy (non-hydrogen) atoms. The van der Waals surface area contributed by atoms with E-state index in [-0.39, 0.29) is 0 Å². The molecule has 2 N–H and O–H groups in total. The third-order valence-electron chi connectivity index (χ3n) is 2.88. The minimum absolute atomic E-state index is 0.685. The summed E-state index contributed by atoms with van der Waals surface area (Å²) in [6.45, 7) is 1.70. The van der Waals surface area contributed by atoms with Crippen LogP contribution in [0.2, 0.25) is 5.02 Å². The molecule has 0 saturated heterocycles. The van der Waals surface area contributed by atoms with Gasteiger partial charge in [0.05, 0.1) is 0 Å². The highest BCUT2D eigenvalue weighted by Gasteiger charge is 2.08. The zero-order valence-corrected chi connectivity index (χ0v) is 11.5. The highest BCUT2D eigenvalue weighted by molar-refractivity contribution is 7.98. The topological polar surface area (TPSA) is 30.9 Å². The minimum atomic E-state index is 0.685. The number of benzene rings is 1. The van der Waals surface area contributed by atoms with E-state index < -0.39 is 0 Å². The second-order valence-electron chi connectivity index (χ2n) is 4.04. The van der Waals surface area contributed by atoms with E-state index in [1.165, 1.54) is 16.5 Å². The normalized spacial score (nSPS) is 11.2. The Kier molecular flexibility index (Phi) is 4.37. The lowest BCUT2D eigenvalue weighted by Crippen LogP contribution is -2.02. The predicted molar refractivity (Wildman–Crippen MR) is 78.1 cm³/mol. The van der Waals surface area contributed by atoms with E-state index in [1.807, 2.05) is 23.9 Å². The molecule has 4 heteroatoms. The summed E-state index contributed by atoms with van der Waals surface area (Å²) in [5.41, 5.74) is 8.19. The van der Waals surface area contributed by atoms with E-state index in [0.717, 1.165) is 23.7 Å². The van der Waals surface area contributed by atoms with Crippen LogP contribution in [0, 0.1) is 0 Å². The highest BCUT2D eigenvalue weighted by atomic mass is 35.5. The van der Waals surface area contributed by atoms with Crippen LogP contribution in [0.1, 0.15) is 5.56 Å². The summed E-state index contributed by atoms with van der Waals surface area (Å²) in [6.07, 6.45) is 5.26. The van der Waals surface area contributed by atoms with Crippen molar-refractivity contribution in [2.24, 2.45) is 5.73 Å². The van der Waals surface area contributed by atoms with E-state index in [2.05, 4.69) is 23.1 Å². The average molecular weight is 269 g/mol. The van der Waals surface area contributed by atoms with Crippen LogP contribution in [-0.2, 0) is 13.0 Å². The number of hydrogen-bond donors (Lipinski definition) is 1. The largest absolute Gasteiger partial charge is 0.346 e. The summed E-state index contributed by atoms with van der Waals surface area (Å²) in [5.74, 6) is 1.11. The smallest absolute Gasteiger partial charge is 0.0498 e. The molecule has 1 aromatic heterocycles. The summed E-state index contributed by atoms with van der Waals surface area (Å²) < 4.78 is 2.28. The van der Waals surface area contributed by atoms with Crippen molar-refractivity contribution < 1.29 is 0 Å². The molecule has 0 spiro atoms. The maximum Gasteiger partial charge on any atom is 0.0498 e. The van der Waals surface area contributed by atoms with Gasteiger partial charge in [-0.1, -0.05) is 17.7 Å². The number of aryl methyl sites for hydroxylation is 1. The van der Waals surface area contributed by atoms with Crippen LogP contribution in [0.15, 0.2) is 24.4 Å². The van der Waals surface area contributed by atoms with Crippen molar-refractivity contribution in [1.29, 1.82) is 0 Å². The SMILES string of the molecule is CSCCn1cc(CCN)c2ccc(Cl)cc21. The van der Waals surface area contributed by atoms with Gasteiger partial charge >= 0.3 is 0 Å². The van der Waals surface area contributed by atoms with Crippen LogP contribution >= 0.6 is 23.4 Å². The van der Waals surface area contributed by atoms with Gasteiger partial charge in [0.2, 0.25) is 0 Å². The molecule has 0 radical (unpaired) electrons. The Morgan fingerprint density at radius 2 is 2.24 bits per heavy atom. The van der Waals surface area contributed by atoms with Crippen LogP contribution in [0.4, 0.5) is 0 Å². The van der Waals surface area contributed by atoms with Gasteiger partial charge in [0, 0.05) is 34.4 Å². The van der Waals surface area contributed by atoms with Crippen LogP contribution in [0.3, 0.4) is 0 Å². The standard InChI is InChI=1S/C13H17ClN2S/c1-17-7-6-16-9-10(4-5-15)12-3-2-11(14)8-13(12)16/h2-3,8-9H,4-7,15H2,1H3. The molecular weight excluding hydrogens is 252 g/mol. The first-order chi connectivity index (χ1) is 8.26. The van der Waals surface area contributed by atoms with Gasteiger partial charge in [-0.05, 0) is 36.9 Å². The molecule has 0 saturated carbocycles. The molecule has 0 bridgehead atoms. The number of halogens is 1. The molecule has 2 nitrogen and oxygen atoms in total. The zero-order chi connectivity index (χ0) is 12.3. The average Bonchev–Trinajstić information content (AvgIpc) is 2.65. The fourth-order valence-corrected chi connectivity index (χ4v) is 2.62. The first-order valence-electron chi connectivity index (χ1n) is 5.72. The minimum Gasteiger partial charge on any atom is -0.346 e. The molecule has 92 valence electrons. The molecule has 2 rings (SSSR count). The van der Waals surface area contributed by atoms with Gasteiger partial charge in [0.25, 0.3) is 0 Å². The maximum absolute atomic E-state index is 6.07. The molecule has 0 aliphatic rings. The summed E-state index contributed by atoms with van der Waals surface area (Å²) in [6, 6.07) is 6.08. The number of aromatic nitrogens is 1. The van der Waals surface area contributed by atoms with Gasteiger partial charge in [-0.2, -0.15) is 11.8 Å². The van der Waals surface area contributed by atoms with Gasteiger partial charge < -0.3 is 10.3 Å². The molecule has 1 aromatic carbocycles. The Morgan fingerprint density at radius 1 is 1.41 bits per heavy atom. The van der Waals surface area contributed by atoms with Crippen molar-refractivity contribution in [3.05, 3.63) is 35.0 Å². The maximum atomic E-state index is 6.07. The molecule has 0 unspecified atom stereocenters. The Balaban J connectivity index is 2.46. The van der Waals surface area contributed by atoms with E-state index in [9.17, 15) is 0 Å². The van der Waals surface area contributed by atoms with Crippen LogP contribution in [-0.4, -0.2) is 23.1 Å².